The van der Waals surface area contributed by atoms with E-state index in [-0.39, 0.29) is 12.2 Å². The van der Waals surface area contributed by atoms with Crippen molar-refractivity contribution in [3.63, 3.8) is 0 Å². The summed E-state index contributed by atoms with van der Waals surface area (Å²) in [6.45, 7) is 3.75. The highest BCUT2D eigenvalue weighted by Gasteiger charge is 2.03. The van der Waals surface area contributed by atoms with Gasteiger partial charge in [-0.25, -0.2) is 4.79 Å². The lowest BCUT2D eigenvalue weighted by atomic mass is 10.2. The van der Waals surface area contributed by atoms with Crippen LogP contribution in [0.2, 0.25) is 0 Å². The lowest BCUT2D eigenvalue weighted by Crippen LogP contribution is -2.06. The molecule has 1 rings (SSSR count). The van der Waals surface area contributed by atoms with E-state index in [1.807, 2.05) is 24.3 Å². The predicted molar refractivity (Wildman–Crippen MR) is 59.4 cm³/mol. The van der Waals surface area contributed by atoms with Crippen LogP contribution in [0.3, 0.4) is 0 Å². The summed E-state index contributed by atoms with van der Waals surface area (Å²) in [6, 6.07) is 7.38. The standard InChI is InChI=1S/C12H14O4/c1-9(12(13)14)7-16-8-10-3-5-11(15-2)6-4-10/h3-6H,1,7-8H2,2H3,(H,13,14). The molecule has 0 radical (unpaired) electrons. The fourth-order valence-electron chi connectivity index (χ4n) is 1.08. The van der Waals surface area contributed by atoms with Gasteiger partial charge in [0.25, 0.3) is 0 Å². The highest BCUT2D eigenvalue weighted by Crippen LogP contribution is 2.12. The Bertz CT molecular complexity index is 367. The maximum atomic E-state index is 10.4. The third-order valence-electron chi connectivity index (χ3n) is 2.01. The summed E-state index contributed by atoms with van der Waals surface area (Å²) in [7, 11) is 1.60. The van der Waals surface area contributed by atoms with Crippen molar-refractivity contribution in [2.24, 2.45) is 0 Å². The van der Waals surface area contributed by atoms with Crippen molar-refractivity contribution in [3.8, 4) is 5.75 Å². The van der Waals surface area contributed by atoms with Gasteiger partial charge in [0, 0.05) is 0 Å². The van der Waals surface area contributed by atoms with E-state index in [0.717, 1.165) is 11.3 Å². The van der Waals surface area contributed by atoms with Gasteiger partial charge in [0.15, 0.2) is 0 Å². The Morgan fingerprint density at radius 1 is 1.38 bits per heavy atom. The molecule has 1 aromatic rings. The van der Waals surface area contributed by atoms with Crippen molar-refractivity contribution >= 4 is 5.97 Å². The van der Waals surface area contributed by atoms with Crippen molar-refractivity contribution in [1.29, 1.82) is 0 Å². The van der Waals surface area contributed by atoms with Crippen molar-refractivity contribution < 1.29 is 19.4 Å². The second kappa shape index (κ2) is 5.92. The van der Waals surface area contributed by atoms with E-state index in [2.05, 4.69) is 6.58 Å². The molecule has 0 fully saturated rings. The van der Waals surface area contributed by atoms with Crippen LogP contribution in [0.25, 0.3) is 0 Å². The number of ether oxygens (including phenoxy) is 2. The van der Waals surface area contributed by atoms with Gasteiger partial charge in [-0.2, -0.15) is 0 Å². The largest absolute Gasteiger partial charge is 0.497 e. The van der Waals surface area contributed by atoms with Crippen molar-refractivity contribution in [2.75, 3.05) is 13.7 Å². The summed E-state index contributed by atoms with van der Waals surface area (Å²) in [6.07, 6.45) is 0. The Balaban J connectivity index is 2.37. The number of rotatable bonds is 6. The second-order valence-electron chi connectivity index (χ2n) is 3.25. The smallest absolute Gasteiger partial charge is 0.333 e. The van der Waals surface area contributed by atoms with Gasteiger partial charge in [0.2, 0.25) is 0 Å². The number of benzene rings is 1. The number of methoxy groups -OCH3 is 1. The van der Waals surface area contributed by atoms with Gasteiger partial charge in [-0.3, -0.25) is 0 Å². The van der Waals surface area contributed by atoms with Gasteiger partial charge in [0.05, 0.1) is 25.9 Å². The van der Waals surface area contributed by atoms with Crippen LogP contribution in [0.1, 0.15) is 5.56 Å². The van der Waals surface area contributed by atoms with Crippen LogP contribution in [0.5, 0.6) is 5.75 Å². The third-order valence-corrected chi connectivity index (χ3v) is 2.01. The van der Waals surface area contributed by atoms with Crippen LogP contribution < -0.4 is 4.74 Å². The zero-order valence-electron chi connectivity index (χ0n) is 9.10. The minimum absolute atomic E-state index is 0.0291. The molecular weight excluding hydrogens is 208 g/mol. The average Bonchev–Trinajstić information content (AvgIpc) is 2.29. The number of carboxylic acids is 1. The molecule has 16 heavy (non-hydrogen) atoms. The molecule has 0 aliphatic rings. The molecule has 4 heteroatoms. The number of aliphatic carboxylic acids is 1. The van der Waals surface area contributed by atoms with Gasteiger partial charge in [-0.15, -0.1) is 0 Å². The quantitative estimate of drug-likeness (QED) is 0.746. The molecule has 86 valence electrons. The third kappa shape index (κ3) is 3.74. The van der Waals surface area contributed by atoms with Crippen LogP contribution in [0.4, 0.5) is 0 Å². The molecule has 0 unspecified atom stereocenters. The molecule has 0 aliphatic carbocycles. The number of hydrogen-bond acceptors (Lipinski definition) is 3. The maximum Gasteiger partial charge on any atom is 0.333 e. The van der Waals surface area contributed by atoms with Crippen LogP contribution in [0.15, 0.2) is 36.4 Å². The molecule has 0 saturated heterocycles. The molecule has 4 nitrogen and oxygen atoms in total. The van der Waals surface area contributed by atoms with E-state index < -0.39 is 5.97 Å². The molecule has 1 N–H and O–H groups in total. The van der Waals surface area contributed by atoms with Crippen molar-refractivity contribution in [2.45, 2.75) is 6.61 Å². The maximum absolute atomic E-state index is 10.4. The molecular formula is C12H14O4. The summed E-state index contributed by atoms with van der Waals surface area (Å²) in [5.41, 5.74) is 1.01. The normalized spacial score (nSPS) is 9.81. The van der Waals surface area contributed by atoms with Gasteiger partial charge in [-0.05, 0) is 17.7 Å². The average molecular weight is 222 g/mol. The number of hydrogen-bond donors (Lipinski definition) is 1. The Labute approximate surface area is 94.1 Å². The first-order valence-corrected chi connectivity index (χ1v) is 4.75. The highest BCUT2D eigenvalue weighted by molar-refractivity contribution is 5.85. The Morgan fingerprint density at radius 3 is 2.50 bits per heavy atom. The summed E-state index contributed by atoms with van der Waals surface area (Å²) in [5.74, 6) is -0.256. The van der Waals surface area contributed by atoms with Crippen LogP contribution in [0, 0.1) is 0 Å². The summed E-state index contributed by atoms with van der Waals surface area (Å²) < 4.78 is 10.2. The Kier molecular flexibility index (Phi) is 4.54. The predicted octanol–water partition coefficient (Wildman–Crippen LogP) is 1.85. The van der Waals surface area contributed by atoms with Gasteiger partial charge in [0.1, 0.15) is 5.75 Å². The lowest BCUT2D eigenvalue weighted by Gasteiger charge is -2.05. The number of carbonyl (C=O) groups is 1. The van der Waals surface area contributed by atoms with E-state index in [4.69, 9.17) is 14.6 Å². The SMILES string of the molecule is C=C(COCc1ccc(OC)cc1)C(=O)O. The van der Waals surface area contributed by atoms with Gasteiger partial charge < -0.3 is 14.6 Å². The topological polar surface area (TPSA) is 55.8 Å². The molecule has 0 amide bonds. The monoisotopic (exact) mass is 222 g/mol. The van der Waals surface area contributed by atoms with E-state index in [1.54, 1.807) is 7.11 Å². The first kappa shape index (κ1) is 12.3. The Morgan fingerprint density at radius 2 is 2.00 bits per heavy atom. The fourth-order valence-corrected chi connectivity index (χ4v) is 1.08. The summed E-state index contributed by atoms with van der Waals surface area (Å²) in [5, 5.41) is 8.55. The van der Waals surface area contributed by atoms with E-state index >= 15 is 0 Å². The molecule has 0 spiro atoms. The highest BCUT2D eigenvalue weighted by atomic mass is 16.5. The minimum Gasteiger partial charge on any atom is -0.497 e. The van der Waals surface area contributed by atoms with E-state index in [0.29, 0.717) is 6.61 Å². The fraction of sp³-hybridized carbons (Fsp3) is 0.250. The summed E-state index contributed by atoms with van der Waals surface area (Å²) >= 11 is 0. The van der Waals surface area contributed by atoms with Crippen LogP contribution in [-0.4, -0.2) is 24.8 Å². The van der Waals surface area contributed by atoms with Gasteiger partial charge >= 0.3 is 5.97 Å². The Hall–Kier alpha value is -1.81. The van der Waals surface area contributed by atoms with E-state index in [1.165, 1.54) is 0 Å². The molecule has 0 aromatic heterocycles. The van der Waals surface area contributed by atoms with Crippen LogP contribution in [-0.2, 0) is 16.1 Å². The first-order chi connectivity index (χ1) is 7.63. The first-order valence-electron chi connectivity index (χ1n) is 4.75. The van der Waals surface area contributed by atoms with Crippen LogP contribution >= 0.6 is 0 Å². The summed E-state index contributed by atoms with van der Waals surface area (Å²) in [4.78, 5) is 10.4. The van der Waals surface area contributed by atoms with Crippen molar-refractivity contribution in [1.82, 2.24) is 0 Å². The molecule has 0 aliphatic heterocycles. The van der Waals surface area contributed by atoms with Crippen molar-refractivity contribution in [3.05, 3.63) is 42.0 Å². The zero-order valence-corrected chi connectivity index (χ0v) is 9.10. The molecule has 0 saturated carbocycles. The minimum atomic E-state index is -1.03. The second-order valence-corrected chi connectivity index (χ2v) is 3.25. The van der Waals surface area contributed by atoms with Gasteiger partial charge in [-0.1, -0.05) is 18.7 Å². The lowest BCUT2D eigenvalue weighted by molar-refractivity contribution is -0.133. The molecule has 0 heterocycles. The van der Waals surface area contributed by atoms with E-state index in [9.17, 15) is 4.79 Å². The zero-order chi connectivity index (χ0) is 12.0. The molecule has 0 atom stereocenters. The number of carboxylic acid groups (broad SMARTS) is 1. The molecule has 0 bridgehead atoms. The molecule has 1 aromatic carbocycles.